The summed E-state index contributed by atoms with van der Waals surface area (Å²) in [5.41, 5.74) is 1.74. The zero-order chi connectivity index (χ0) is 13.0. The molecule has 1 aromatic carbocycles. The number of hydrogen-bond donors (Lipinski definition) is 2. The van der Waals surface area contributed by atoms with Crippen molar-refractivity contribution in [2.24, 2.45) is 0 Å². The largest absolute Gasteiger partial charge is 0.394 e. The molecule has 2 rings (SSSR count). The SMILES string of the molecule is CC1CCN(c2ccc(C#N)cc2)C(CO)CN1. The van der Waals surface area contributed by atoms with E-state index in [-0.39, 0.29) is 12.6 Å². The van der Waals surface area contributed by atoms with Gasteiger partial charge < -0.3 is 15.3 Å². The lowest BCUT2D eigenvalue weighted by atomic mass is 10.1. The standard InChI is InChI=1S/C14H19N3O/c1-11-6-7-17(14(10-18)9-16-11)13-4-2-12(8-15)3-5-13/h2-5,11,14,16,18H,6-7,9-10H2,1H3. The van der Waals surface area contributed by atoms with Crippen LogP contribution in [0, 0.1) is 11.3 Å². The van der Waals surface area contributed by atoms with E-state index in [0.717, 1.165) is 25.2 Å². The van der Waals surface area contributed by atoms with Gasteiger partial charge in [-0.1, -0.05) is 0 Å². The number of nitrogens with zero attached hydrogens (tertiary/aromatic N) is 2. The fourth-order valence-electron chi connectivity index (χ4n) is 2.30. The lowest BCUT2D eigenvalue weighted by Gasteiger charge is -2.30. The van der Waals surface area contributed by atoms with Crippen LogP contribution >= 0.6 is 0 Å². The molecule has 2 N–H and O–H groups in total. The van der Waals surface area contributed by atoms with Crippen molar-refractivity contribution < 1.29 is 5.11 Å². The van der Waals surface area contributed by atoms with E-state index >= 15 is 0 Å². The summed E-state index contributed by atoms with van der Waals surface area (Å²) in [7, 11) is 0. The Hall–Kier alpha value is -1.57. The Balaban J connectivity index is 2.19. The third kappa shape index (κ3) is 2.81. The van der Waals surface area contributed by atoms with Gasteiger partial charge in [0.1, 0.15) is 0 Å². The predicted octanol–water partition coefficient (Wildman–Crippen LogP) is 1.11. The van der Waals surface area contributed by atoms with Crippen molar-refractivity contribution in [3.63, 3.8) is 0 Å². The van der Waals surface area contributed by atoms with Crippen LogP contribution in [-0.4, -0.2) is 36.9 Å². The molecule has 0 bridgehead atoms. The highest BCUT2D eigenvalue weighted by Crippen LogP contribution is 2.20. The first-order valence-corrected chi connectivity index (χ1v) is 6.35. The Bertz CT molecular complexity index is 424. The number of nitriles is 1. The van der Waals surface area contributed by atoms with Crippen molar-refractivity contribution in [3.8, 4) is 6.07 Å². The van der Waals surface area contributed by atoms with Crippen LogP contribution in [0.15, 0.2) is 24.3 Å². The monoisotopic (exact) mass is 245 g/mol. The van der Waals surface area contributed by atoms with Gasteiger partial charge in [0.25, 0.3) is 0 Å². The quantitative estimate of drug-likeness (QED) is 0.819. The van der Waals surface area contributed by atoms with Crippen LogP contribution in [-0.2, 0) is 0 Å². The van der Waals surface area contributed by atoms with Gasteiger partial charge in [-0.05, 0) is 37.6 Å². The molecular weight excluding hydrogens is 226 g/mol. The van der Waals surface area contributed by atoms with Gasteiger partial charge in [0.2, 0.25) is 0 Å². The minimum atomic E-state index is 0.0999. The second kappa shape index (κ2) is 5.85. The van der Waals surface area contributed by atoms with Crippen molar-refractivity contribution in [3.05, 3.63) is 29.8 Å². The van der Waals surface area contributed by atoms with Crippen molar-refractivity contribution in [2.45, 2.75) is 25.4 Å². The Morgan fingerprint density at radius 3 is 2.78 bits per heavy atom. The van der Waals surface area contributed by atoms with E-state index in [1.165, 1.54) is 0 Å². The summed E-state index contributed by atoms with van der Waals surface area (Å²) < 4.78 is 0. The first kappa shape index (κ1) is 12.9. The molecule has 0 spiro atoms. The molecule has 1 saturated heterocycles. The number of rotatable bonds is 2. The van der Waals surface area contributed by atoms with Crippen molar-refractivity contribution in [2.75, 3.05) is 24.6 Å². The first-order chi connectivity index (χ1) is 8.74. The summed E-state index contributed by atoms with van der Waals surface area (Å²) in [5, 5.41) is 21.7. The summed E-state index contributed by atoms with van der Waals surface area (Å²) in [6.07, 6.45) is 1.05. The zero-order valence-corrected chi connectivity index (χ0v) is 10.6. The van der Waals surface area contributed by atoms with Gasteiger partial charge in [0.15, 0.2) is 0 Å². The molecule has 1 aromatic rings. The van der Waals surface area contributed by atoms with Gasteiger partial charge in [0.05, 0.1) is 24.3 Å². The summed E-state index contributed by atoms with van der Waals surface area (Å²) in [6.45, 7) is 4.01. The number of nitrogens with one attached hydrogen (secondary N) is 1. The molecule has 0 aromatic heterocycles. The number of aliphatic hydroxyl groups is 1. The number of anilines is 1. The second-order valence-corrected chi connectivity index (χ2v) is 4.79. The molecule has 1 aliphatic heterocycles. The van der Waals surface area contributed by atoms with Crippen LogP contribution in [0.3, 0.4) is 0 Å². The molecule has 2 atom stereocenters. The fraction of sp³-hybridized carbons (Fsp3) is 0.500. The first-order valence-electron chi connectivity index (χ1n) is 6.35. The van der Waals surface area contributed by atoms with Crippen LogP contribution < -0.4 is 10.2 Å². The highest BCUT2D eigenvalue weighted by molar-refractivity contribution is 5.50. The molecule has 4 nitrogen and oxygen atoms in total. The molecule has 0 radical (unpaired) electrons. The van der Waals surface area contributed by atoms with Crippen LogP contribution in [0.5, 0.6) is 0 Å². The average molecular weight is 245 g/mol. The van der Waals surface area contributed by atoms with Crippen LogP contribution in [0.4, 0.5) is 5.69 Å². The summed E-state index contributed by atoms with van der Waals surface area (Å²) in [6, 6.07) is 10.3. The fourth-order valence-corrected chi connectivity index (χ4v) is 2.30. The molecule has 2 unspecified atom stereocenters. The van der Waals surface area contributed by atoms with Gasteiger partial charge >= 0.3 is 0 Å². The minimum Gasteiger partial charge on any atom is -0.394 e. The summed E-state index contributed by atoms with van der Waals surface area (Å²) >= 11 is 0. The van der Waals surface area contributed by atoms with Crippen LogP contribution in [0.2, 0.25) is 0 Å². The van der Waals surface area contributed by atoms with E-state index < -0.39 is 0 Å². The maximum atomic E-state index is 9.50. The molecule has 0 aliphatic carbocycles. The van der Waals surface area contributed by atoms with Gasteiger partial charge in [0, 0.05) is 24.8 Å². The maximum absolute atomic E-state index is 9.50. The van der Waals surface area contributed by atoms with E-state index in [1.807, 2.05) is 24.3 Å². The maximum Gasteiger partial charge on any atom is 0.0991 e. The van der Waals surface area contributed by atoms with E-state index in [4.69, 9.17) is 5.26 Å². The van der Waals surface area contributed by atoms with E-state index in [9.17, 15) is 5.11 Å². The van der Waals surface area contributed by atoms with Crippen LogP contribution in [0.25, 0.3) is 0 Å². The van der Waals surface area contributed by atoms with E-state index in [2.05, 4.69) is 23.2 Å². The molecular formula is C14H19N3O. The van der Waals surface area contributed by atoms with E-state index in [1.54, 1.807) is 0 Å². The van der Waals surface area contributed by atoms with Gasteiger partial charge in [-0.2, -0.15) is 5.26 Å². The molecule has 4 heteroatoms. The molecule has 0 saturated carbocycles. The molecule has 0 amide bonds. The lowest BCUT2D eigenvalue weighted by molar-refractivity contribution is 0.259. The smallest absolute Gasteiger partial charge is 0.0991 e. The van der Waals surface area contributed by atoms with Gasteiger partial charge in [-0.3, -0.25) is 0 Å². The summed E-state index contributed by atoms with van der Waals surface area (Å²) in [5.74, 6) is 0. The average Bonchev–Trinajstić information content (AvgIpc) is 2.60. The van der Waals surface area contributed by atoms with Crippen molar-refractivity contribution in [1.29, 1.82) is 5.26 Å². The highest BCUT2D eigenvalue weighted by Gasteiger charge is 2.22. The molecule has 1 aliphatic rings. The summed E-state index contributed by atoms with van der Waals surface area (Å²) in [4.78, 5) is 2.22. The molecule has 18 heavy (non-hydrogen) atoms. The third-order valence-electron chi connectivity index (χ3n) is 3.48. The molecule has 1 fully saturated rings. The van der Waals surface area contributed by atoms with Crippen molar-refractivity contribution in [1.82, 2.24) is 5.32 Å². The Kier molecular flexibility index (Phi) is 4.19. The molecule has 1 heterocycles. The second-order valence-electron chi connectivity index (χ2n) is 4.79. The predicted molar refractivity (Wildman–Crippen MR) is 71.5 cm³/mol. The molecule has 96 valence electrons. The Morgan fingerprint density at radius 1 is 1.44 bits per heavy atom. The third-order valence-corrected chi connectivity index (χ3v) is 3.48. The zero-order valence-electron chi connectivity index (χ0n) is 10.6. The normalized spacial score (nSPS) is 24.4. The highest BCUT2D eigenvalue weighted by atomic mass is 16.3. The van der Waals surface area contributed by atoms with Gasteiger partial charge in [-0.25, -0.2) is 0 Å². The lowest BCUT2D eigenvalue weighted by Crippen LogP contribution is -2.42. The number of benzene rings is 1. The Labute approximate surface area is 108 Å². The number of aliphatic hydroxyl groups excluding tert-OH is 1. The van der Waals surface area contributed by atoms with Crippen molar-refractivity contribution >= 4 is 5.69 Å². The van der Waals surface area contributed by atoms with Crippen LogP contribution in [0.1, 0.15) is 18.9 Å². The van der Waals surface area contributed by atoms with E-state index in [0.29, 0.717) is 11.6 Å². The minimum absolute atomic E-state index is 0.0999. The van der Waals surface area contributed by atoms with Gasteiger partial charge in [-0.15, -0.1) is 0 Å². The topological polar surface area (TPSA) is 59.3 Å². The Morgan fingerprint density at radius 2 is 2.17 bits per heavy atom. The number of hydrogen-bond acceptors (Lipinski definition) is 4.